The van der Waals surface area contributed by atoms with Crippen molar-refractivity contribution in [2.45, 2.75) is 13.5 Å². The molecule has 0 radical (unpaired) electrons. The maximum absolute atomic E-state index is 8.84. The minimum Gasteiger partial charge on any atom is -0.490 e. The molecule has 13 heavy (non-hydrogen) atoms. The lowest BCUT2D eigenvalue weighted by Crippen LogP contribution is -1.99. The second-order valence-corrected chi connectivity index (χ2v) is 3.83. The standard InChI is InChI=1S/C8H9ClINO2/c1-2-13-7-6(10)3-5(4-12)11-8(7)9/h3,12H,2,4H2,1H3. The number of hydrogen-bond donors (Lipinski definition) is 1. The SMILES string of the molecule is CCOc1c(I)cc(CO)nc1Cl. The molecule has 0 atom stereocenters. The van der Waals surface area contributed by atoms with Gasteiger partial charge >= 0.3 is 0 Å². The molecule has 0 aliphatic heterocycles. The number of ether oxygens (including phenoxy) is 1. The second-order valence-electron chi connectivity index (χ2n) is 2.31. The lowest BCUT2D eigenvalue weighted by Gasteiger charge is -2.08. The van der Waals surface area contributed by atoms with Crippen LogP contribution in [0.3, 0.4) is 0 Å². The molecule has 72 valence electrons. The molecule has 0 amide bonds. The highest BCUT2D eigenvalue weighted by Crippen LogP contribution is 2.28. The molecule has 0 saturated heterocycles. The van der Waals surface area contributed by atoms with Crippen molar-refractivity contribution in [3.05, 3.63) is 20.5 Å². The summed E-state index contributed by atoms with van der Waals surface area (Å²) in [6.07, 6.45) is 0. The first-order valence-corrected chi connectivity index (χ1v) is 5.23. The van der Waals surface area contributed by atoms with E-state index in [2.05, 4.69) is 27.6 Å². The fourth-order valence-electron chi connectivity index (χ4n) is 0.873. The first kappa shape index (κ1) is 11.0. The van der Waals surface area contributed by atoms with Crippen LogP contribution in [0, 0.1) is 3.57 Å². The van der Waals surface area contributed by atoms with Crippen molar-refractivity contribution in [1.29, 1.82) is 0 Å². The Morgan fingerprint density at radius 2 is 2.38 bits per heavy atom. The first-order chi connectivity index (χ1) is 6.19. The predicted octanol–water partition coefficient (Wildman–Crippen LogP) is 2.23. The third-order valence-electron chi connectivity index (χ3n) is 1.39. The molecule has 1 heterocycles. The number of pyridine rings is 1. The maximum Gasteiger partial charge on any atom is 0.172 e. The Kier molecular flexibility index (Phi) is 4.21. The normalized spacial score (nSPS) is 10.2. The number of aliphatic hydroxyl groups excluding tert-OH is 1. The van der Waals surface area contributed by atoms with Crippen LogP contribution in [-0.2, 0) is 6.61 Å². The van der Waals surface area contributed by atoms with E-state index in [9.17, 15) is 0 Å². The summed E-state index contributed by atoms with van der Waals surface area (Å²) in [5.74, 6) is 0.585. The summed E-state index contributed by atoms with van der Waals surface area (Å²) >= 11 is 7.94. The van der Waals surface area contributed by atoms with Crippen molar-refractivity contribution in [1.82, 2.24) is 4.98 Å². The molecule has 5 heteroatoms. The number of nitrogens with zero attached hydrogens (tertiary/aromatic N) is 1. The Hall–Kier alpha value is -0.0700. The Morgan fingerprint density at radius 3 is 2.85 bits per heavy atom. The highest BCUT2D eigenvalue weighted by atomic mass is 127. The molecule has 1 rings (SSSR count). The van der Waals surface area contributed by atoms with Crippen molar-refractivity contribution in [2.24, 2.45) is 0 Å². The number of aromatic nitrogens is 1. The van der Waals surface area contributed by atoms with E-state index in [-0.39, 0.29) is 6.61 Å². The third-order valence-corrected chi connectivity index (χ3v) is 2.45. The van der Waals surface area contributed by atoms with E-state index in [0.717, 1.165) is 3.57 Å². The molecule has 0 aromatic carbocycles. The van der Waals surface area contributed by atoms with Gasteiger partial charge in [-0.3, -0.25) is 0 Å². The van der Waals surface area contributed by atoms with E-state index in [1.165, 1.54) is 0 Å². The van der Waals surface area contributed by atoms with Crippen LogP contribution >= 0.6 is 34.2 Å². The van der Waals surface area contributed by atoms with Gasteiger partial charge in [-0.2, -0.15) is 0 Å². The van der Waals surface area contributed by atoms with Crippen LogP contribution in [0.15, 0.2) is 6.07 Å². The summed E-state index contributed by atoms with van der Waals surface area (Å²) in [4.78, 5) is 3.96. The summed E-state index contributed by atoms with van der Waals surface area (Å²) in [6, 6.07) is 1.75. The van der Waals surface area contributed by atoms with Crippen molar-refractivity contribution in [2.75, 3.05) is 6.61 Å². The van der Waals surface area contributed by atoms with E-state index >= 15 is 0 Å². The van der Waals surface area contributed by atoms with Crippen molar-refractivity contribution in [3.63, 3.8) is 0 Å². The highest BCUT2D eigenvalue weighted by Gasteiger charge is 2.09. The van der Waals surface area contributed by atoms with Gasteiger partial charge in [0.2, 0.25) is 0 Å². The predicted molar refractivity (Wildman–Crippen MR) is 59.1 cm³/mol. The highest BCUT2D eigenvalue weighted by molar-refractivity contribution is 14.1. The van der Waals surface area contributed by atoms with Crippen LogP contribution in [0.2, 0.25) is 5.15 Å². The molecule has 3 nitrogen and oxygen atoms in total. The topological polar surface area (TPSA) is 42.4 Å². The largest absolute Gasteiger partial charge is 0.490 e. The molecule has 0 spiro atoms. The van der Waals surface area contributed by atoms with Gasteiger partial charge in [0.15, 0.2) is 10.9 Å². The number of rotatable bonds is 3. The fraction of sp³-hybridized carbons (Fsp3) is 0.375. The minimum absolute atomic E-state index is 0.109. The van der Waals surface area contributed by atoms with E-state index in [1.807, 2.05) is 6.92 Å². The van der Waals surface area contributed by atoms with Crippen molar-refractivity contribution >= 4 is 34.2 Å². The van der Waals surface area contributed by atoms with Crippen LogP contribution in [0.1, 0.15) is 12.6 Å². The maximum atomic E-state index is 8.84. The third kappa shape index (κ3) is 2.69. The fourth-order valence-corrected chi connectivity index (χ4v) is 2.07. The monoisotopic (exact) mass is 313 g/mol. The summed E-state index contributed by atoms with van der Waals surface area (Å²) in [7, 11) is 0. The van der Waals surface area contributed by atoms with E-state index in [4.69, 9.17) is 21.4 Å². The van der Waals surface area contributed by atoms with Gasteiger partial charge in [-0.1, -0.05) is 11.6 Å². The van der Waals surface area contributed by atoms with Gasteiger partial charge in [-0.05, 0) is 35.6 Å². The smallest absolute Gasteiger partial charge is 0.172 e. The van der Waals surface area contributed by atoms with Gasteiger partial charge in [0, 0.05) is 0 Å². The van der Waals surface area contributed by atoms with Crippen LogP contribution in [-0.4, -0.2) is 16.7 Å². The summed E-state index contributed by atoms with van der Waals surface area (Å²) in [5.41, 5.74) is 0.554. The van der Waals surface area contributed by atoms with Gasteiger partial charge in [0.1, 0.15) is 0 Å². The van der Waals surface area contributed by atoms with Gasteiger partial charge in [0.05, 0.1) is 22.5 Å². The van der Waals surface area contributed by atoms with E-state index < -0.39 is 0 Å². The average molecular weight is 314 g/mol. The van der Waals surface area contributed by atoms with Crippen LogP contribution in [0.4, 0.5) is 0 Å². The molecule has 0 bridgehead atoms. The van der Waals surface area contributed by atoms with Crippen LogP contribution in [0.25, 0.3) is 0 Å². The lowest BCUT2D eigenvalue weighted by atomic mass is 10.3. The zero-order valence-electron chi connectivity index (χ0n) is 7.05. The van der Waals surface area contributed by atoms with Gasteiger partial charge in [0.25, 0.3) is 0 Å². The molecule has 0 aliphatic carbocycles. The second kappa shape index (κ2) is 4.97. The van der Waals surface area contributed by atoms with Crippen LogP contribution in [0.5, 0.6) is 5.75 Å². The Bertz CT molecular complexity index is 283. The zero-order valence-corrected chi connectivity index (χ0v) is 9.96. The Labute approximate surface area is 95.2 Å². The molecule has 0 aliphatic rings. The van der Waals surface area contributed by atoms with Crippen molar-refractivity contribution < 1.29 is 9.84 Å². The Balaban J connectivity index is 3.07. The van der Waals surface area contributed by atoms with Crippen LogP contribution < -0.4 is 4.74 Å². The number of hydrogen-bond acceptors (Lipinski definition) is 3. The minimum atomic E-state index is -0.109. The zero-order chi connectivity index (χ0) is 9.84. The molecular formula is C8H9ClINO2. The van der Waals surface area contributed by atoms with Gasteiger partial charge in [-0.15, -0.1) is 0 Å². The molecule has 0 unspecified atom stereocenters. The molecule has 1 N–H and O–H groups in total. The first-order valence-electron chi connectivity index (χ1n) is 3.77. The van der Waals surface area contributed by atoms with E-state index in [0.29, 0.717) is 23.2 Å². The quantitative estimate of drug-likeness (QED) is 0.687. The summed E-state index contributed by atoms with van der Waals surface area (Å²) in [5, 5.41) is 9.15. The van der Waals surface area contributed by atoms with Gasteiger partial charge in [-0.25, -0.2) is 4.98 Å². The molecule has 1 aromatic rings. The number of halogens is 2. The molecule has 0 saturated carbocycles. The average Bonchev–Trinajstić information content (AvgIpc) is 2.11. The Morgan fingerprint density at radius 1 is 1.69 bits per heavy atom. The van der Waals surface area contributed by atoms with Gasteiger partial charge < -0.3 is 9.84 Å². The summed E-state index contributed by atoms with van der Waals surface area (Å²) in [6.45, 7) is 2.32. The molecule has 1 aromatic heterocycles. The summed E-state index contributed by atoms with van der Waals surface area (Å²) < 4.78 is 6.15. The molecular weight excluding hydrogens is 304 g/mol. The number of aliphatic hydroxyl groups is 1. The van der Waals surface area contributed by atoms with E-state index in [1.54, 1.807) is 6.07 Å². The molecule has 0 fully saturated rings. The van der Waals surface area contributed by atoms with Crippen molar-refractivity contribution in [3.8, 4) is 5.75 Å². The lowest BCUT2D eigenvalue weighted by molar-refractivity contribution is 0.276.